The number of H-pyrrole nitrogens is 1. The molecule has 0 aliphatic heterocycles. The van der Waals surface area contributed by atoms with Crippen LogP contribution in [0.5, 0.6) is 0 Å². The summed E-state index contributed by atoms with van der Waals surface area (Å²) in [7, 11) is -3.85. The lowest BCUT2D eigenvalue weighted by Gasteiger charge is -2.17. The van der Waals surface area contributed by atoms with Crippen molar-refractivity contribution in [3.05, 3.63) is 24.5 Å². The Morgan fingerprint density at radius 2 is 2.26 bits per heavy atom. The summed E-state index contributed by atoms with van der Waals surface area (Å²) in [5.41, 5.74) is 0.451. The van der Waals surface area contributed by atoms with Crippen molar-refractivity contribution in [2.75, 3.05) is 13.1 Å². The van der Waals surface area contributed by atoms with E-state index < -0.39 is 22.5 Å². The Morgan fingerprint density at radius 1 is 1.53 bits per heavy atom. The van der Waals surface area contributed by atoms with Gasteiger partial charge in [-0.15, -0.1) is 0 Å². The average molecular weight is 283 g/mol. The van der Waals surface area contributed by atoms with Gasteiger partial charge in [-0.1, -0.05) is 6.92 Å². The van der Waals surface area contributed by atoms with Crippen LogP contribution in [-0.2, 0) is 14.8 Å². The van der Waals surface area contributed by atoms with Crippen LogP contribution in [0.3, 0.4) is 0 Å². The van der Waals surface area contributed by atoms with E-state index in [1.165, 1.54) is 6.20 Å². The number of pyridine rings is 1. The molecule has 2 heterocycles. The van der Waals surface area contributed by atoms with E-state index in [-0.39, 0.29) is 11.4 Å². The molecule has 2 aromatic heterocycles. The van der Waals surface area contributed by atoms with Gasteiger partial charge in [0.05, 0.1) is 0 Å². The van der Waals surface area contributed by atoms with Gasteiger partial charge in [-0.05, 0) is 12.1 Å². The highest BCUT2D eigenvalue weighted by Crippen LogP contribution is 2.23. The molecule has 0 saturated carbocycles. The number of hydrogen-bond acceptors (Lipinski definition) is 4. The van der Waals surface area contributed by atoms with Crippen LogP contribution in [0.25, 0.3) is 11.0 Å². The Morgan fingerprint density at radius 3 is 2.89 bits per heavy atom. The van der Waals surface area contributed by atoms with Crippen molar-refractivity contribution in [1.82, 2.24) is 14.3 Å². The fourth-order valence-electron chi connectivity index (χ4n) is 1.80. The van der Waals surface area contributed by atoms with Crippen LogP contribution in [0.1, 0.15) is 6.92 Å². The third kappa shape index (κ3) is 2.45. The molecule has 2 rings (SSSR count). The van der Waals surface area contributed by atoms with Crippen LogP contribution in [-0.4, -0.2) is 46.9 Å². The molecule has 7 nitrogen and oxygen atoms in total. The van der Waals surface area contributed by atoms with Gasteiger partial charge in [0.2, 0.25) is 10.0 Å². The van der Waals surface area contributed by atoms with Crippen molar-refractivity contribution in [2.45, 2.75) is 11.8 Å². The van der Waals surface area contributed by atoms with Crippen molar-refractivity contribution in [3.63, 3.8) is 0 Å². The number of carboxylic acid groups (broad SMARTS) is 1. The second-order valence-electron chi connectivity index (χ2n) is 3.88. The van der Waals surface area contributed by atoms with Crippen LogP contribution in [0.15, 0.2) is 29.4 Å². The fraction of sp³-hybridized carbons (Fsp3) is 0.273. The lowest BCUT2D eigenvalue weighted by Crippen LogP contribution is -2.35. The summed E-state index contributed by atoms with van der Waals surface area (Å²) in [5, 5.41) is 9.21. The number of aliphatic carboxylic acids is 1. The molecule has 102 valence electrons. The Kier molecular flexibility index (Phi) is 3.54. The predicted octanol–water partition coefficient (Wildman–Crippen LogP) is 0.658. The molecule has 0 spiro atoms. The van der Waals surface area contributed by atoms with E-state index in [0.29, 0.717) is 11.0 Å². The number of carbonyl (C=O) groups is 1. The van der Waals surface area contributed by atoms with Crippen LogP contribution >= 0.6 is 0 Å². The lowest BCUT2D eigenvalue weighted by molar-refractivity contribution is -0.137. The molecule has 0 bridgehead atoms. The summed E-state index contributed by atoms with van der Waals surface area (Å²) in [6, 6.07) is 3.25. The first kappa shape index (κ1) is 13.5. The number of aromatic amines is 1. The minimum Gasteiger partial charge on any atom is -0.480 e. The van der Waals surface area contributed by atoms with Gasteiger partial charge in [0.1, 0.15) is 17.1 Å². The molecule has 0 fully saturated rings. The van der Waals surface area contributed by atoms with Crippen molar-refractivity contribution >= 4 is 27.0 Å². The number of sulfonamides is 1. The van der Waals surface area contributed by atoms with Gasteiger partial charge in [-0.25, -0.2) is 13.4 Å². The highest BCUT2D eigenvalue weighted by molar-refractivity contribution is 7.89. The van der Waals surface area contributed by atoms with Crippen LogP contribution in [0, 0.1) is 0 Å². The van der Waals surface area contributed by atoms with E-state index >= 15 is 0 Å². The minimum atomic E-state index is -3.85. The molecule has 19 heavy (non-hydrogen) atoms. The molecule has 0 aliphatic rings. The summed E-state index contributed by atoms with van der Waals surface area (Å²) in [6.07, 6.45) is 2.88. The molecule has 0 atom stereocenters. The van der Waals surface area contributed by atoms with E-state index in [1.54, 1.807) is 25.3 Å². The molecule has 2 N–H and O–H groups in total. The number of hydrogen-bond donors (Lipinski definition) is 2. The molecule has 0 saturated heterocycles. The normalized spacial score (nSPS) is 12.1. The van der Waals surface area contributed by atoms with E-state index in [4.69, 9.17) is 5.11 Å². The number of nitrogens with one attached hydrogen (secondary N) is 1. The quantitative estimate of drug-likeness (QED) is 0.839. The SMILES string of the molecule is CCN(CC(=O)O)S(=O)(=O)c1c[nH]c2ncccc12. The molecule has 0 unspecified atom stereocenters. The van der Waals surface area contributed by atoms with Gasteiger partial charge in [0.15, 0.2) is 0 Å². The lowest BCUT2D eigenvalue weighted by atomic mass is 10.3. The minimum absolute atomic E-state index is 0.0405. The Labute approximate surface area is 109 Å². The third-order valence-electron chi connectivity index (χ3n) is 2.70. The van der Waals surface area contributed by atoms with E-state index in [9.17, 15) is 13.2 Å². The Balaban J connectivity index is 2.52. The van der Waals surface area contributed by atoms with Gasteiger partial charge >= 0.3 is 5.97 Å². The molecule has 0 amide bonds. The number of nitrogens with zero attached hydrogens (tertiary/aromatic N) is 2. The fourth-order valence-corrected chi connectivity index (χ4v) is 3.35. The molecular weight excluding hydrogens is 270 g/mol. The second kappa shape index (κ2) is 4.98. The number of carboxylic acids is 1. The first-order valence-corrected chi connectivity index (χ1v) is 7.05. The monoisotopic (exact) mass is 283 g/mol. The van der Waals surface area contributed by atoms with Gasteiger partial charge in [0, 0.05) is 24.3 Å². The molecule has 8 heteroatoms. The topological polar surface area (TPSA) is 103 Å². The summed E-state index contributed by atoms with van der Waals surface area (Å²) in [5.74, 6) is -1.19. The third-order valence-corrected chi connectivity index (χ3v) is 4.66. The number of fused-ring (bicyclic) bond motifs is 1. The maximum atomic E-state index is 12.4. The number of rotatable bonds is 5. The van der Waals surface area contributed by atoms with Gasteiger partial charge < -0.3 is 10.1 Å². The molecular formula is C11H13N3O4S. The molecule has 2 aromatic rings. The number of likely N-dealkylation sites (N-methyl/N-ethyl adjacent to an activating group) is 1. The summed E-state index contributed by atoms with van der Waals surface area (Å²) < 4.78 is 25.7. The van der Waals surface area contributed by atoms with Crippen LogP contribution in [0.4, 0.5) is 0 Å². The first-order chi connectivity index (χ1) is 8.96. The Bertz CT molecular complexity index is 708. The van der Waals surface area contributed by atoms with Crippen molar-refractivity contribution in [1.29, 1.82) is 0 Å². The van der Waals surface area contributed by atoms with E-state index in [1.807, 2.05) is 0 Å². The largest absolute Gasteiger partial charge is 0.480 e. The van der Waals surface area contributed by atoms with Crippen LogP contribution in [0.2, 0.25) is 0 Å². The average Bonchev–Trinajstić information content (AvgIpc) is 2.79. The second-order valence-corrected chi connectivity index (χ2v) is 5.78. The molecule has 0 aromatic carbocycles. The zero-order valence-electron chi connectivity index (χ0n) is 10.2. The Hall–Kier alpha value is -1.93. The van der Waals surface area contributed by atoms with Gasteiger partial charge in [-0.2, -0.15) is 4.31 Å². The van der Waals surface area contributed by atoms with Gasteiger partial charge in [-0.3, -0.25) is 4.79 Å². The summed E-state index contributed by atoms with van der Waals surface area (Å²) in [4.78, 5) is 17.5. The first-order valence-electron chi connectivity index (χ1n) is 5.61. The van der Waals surface area contributed by atoms with Crippen molar-refractivity contribution < 1.29 is 18.3 Å². The van der Waals surface area contributed by atoms with Crippen molar-refractivity contribution in [3.8, 4) is 0 Å². The van der Waals surface area contributed by atoms with E-state index in [2.05, 4.69) is 9.97 Å². The molecule has 0 aliphatic carbocycles. The highest BCUT2D eigenvalue weighted by atomic mass is 32.2. The summed E-state index contributed by atoms with van der Waals surface area (Å²) >= 11 is 0. The standard InChI is InChI=1S/C11H13N3O4S/c1-2-14(7-10(15)16)19(17,18)9-6-13-11-8(9)4-3-5-12-11/h3-6H,2,7H2,1H3,(H,12,13)(H,15,16). The molecule has 0 radical (unpaired) electrons. The van der Waals surface area contributed by atoms with Crippen LogP contribution < -0.4 is 0 Å². The maximum Gasteiger partial charge on any atom is 0.318 e. The van der Waals surface area contributed by atoms with Crippen molar-refractivity contribution in [2.24, 2.45) is 0 Å². The zero-order valence-corrected chi connectivity index (χ0v) is 11.0. The van der Waals surface area contributed by atoms with E-state index in [0.717, 1.165) is 4.31 Å². The highest BCUT2D eigenvalue weighted by Gasteiger charge is 2.27. The maximum absolute atomic E-state index is 12.4. The zero-order chi connectivity index (χ0) is 14.0. The van der Waals surface area contributed by atoms with Gasteiger partial charge in [0.25, 0.3) is 0 Å². The predicted molar refractivity (Wildman–Crippen MR) is 68.2 cm³/mol. The number of aromatic nitrogens is 2. The summed E-state index contributed by atoms with van der Waals surface area (Å²) in [6.45, 7) is 1.11. The smallest absolute Gasteiger partial charge is 0.318 e.